The zero-order chi connectivity index (χ0) is 80.1. The van der Waals surface area contributed by atoms with Gasteiger partial charge in [-0.25, -0.2) is 26.3 Å². The van der Waals surface area contributed by atoms with Gasteiger partial charge in [0.1, 0.15) is 5.60 Å². The summed E-state index contributed by atoms with van der Waals surface area (Å²) < 4.78 is 85.8. The lowest BCUT2D eigenvalue weighted by atomic mass is 10.0. The minimum atomic E-state index is -3.84. The molecule has 498 valence electrons. The smallest absolute Gasteiger partial charge is 0.306 e. The van der Waals surface area contributed by atoms with Crippen LogP contribution in [0.4, 0.5) is 37.7 Å². The van der Waals surface area contributed by atoms with Crippen molar-refractivity contribution < 1.29 is 45.7 Å². The number of alkyl halides is 6. The van der Waals surface area contributed by atoms with Crippen LogP contribution in [0.2, 0.25) is 0 Å². The number of nitrogens with zero attached hydrogens (tertiary/aromatic N) is 2. The van der Waals surface area contributed by atoms with Crippen LogP contribution in [0, 0.1) is 424 Å². The molecule has 0 spiro atoms. The summed E-state index contributed by atoms with van der Waals surface area (Å²) in [7, 11) is 0. The third kappa shape index (κ3) is 57.5. The molecular formula is C93H33F6N3O6. The minimum Gasteiger partial charge on any atom is -0.460 e. The first-order valence-corrected chi connectivity index (χ1v) is 28.4. The van der Waals surface area contributed by atoms with Gasteiger partial charge in [0.25, 0.3) is 23.2 Å². The second-order valence-corrected chi connectivity index (χ2v) is 17.5. The van der Waals surface area contributed by atoms with E-state index in [9.17, 15) is 51.4 Å². The Bertz CT molecular complexity index is 6050. The van der Waals surface area contributed by atoms with E-state index in [0.717, 1.165) is 48.5 Å². The Morgan fingerprint density at radius 1 is 0.380 bits per heavy atom. The molecule has 0 bridgehead atoms. The van der Waals surface area contributed by atoms with E-state index in [1.807, 2.05) is 0 Å². The number of rotatable bonds is 10. The number of hydrogen-bond acceptors (Lipinski definition) is 7. The SMILES string of the molecule is C#CC#CC#CC#CC#CC#CC#CC#CC#CC#CC#CC#CC#CC#CC#CC#CC#C.C#CC#CC#CC#CC#CC#CC#CC#CC#CC#CC#CC#CC#CC#CC#CC#CC#CC.CC(C)(C)OC(=O)CCC(F)(F)C(F)c1cccc([N+](=O)[O-])c1.NCC(F)(F)C(F)c1cccc([N+](=O)[O-])c1. The van der Waals surface area contributed by atoms with Crippen molar-refractivity contribution in [3.8, 4) is 404 Å². The van der Waals surface area contributed by atoms with E-state index in [1.165, 1.54) is 0 Å². The van der Waals surface area contributed by atoms with Gasteiger partial charge in [0.05, 0.1) is 22.8 Å². The average Bonchev–Trinajstić information content (AvgIpc) is 0.837. The summed E-state index contributed by atoms with van der Waals surface area (Å²) in [6, 6.07) is 8.07. The zero-order valence-electron chi connectivity index (χ0n) is 56.3. The first kappa shape index (κ1) is 91.3. The predicted octanol–water partition coefficient (Wildman–Crippen LogP) is 7.56. The molecule has 0 fully saturated rings. The van der Waals surface area contributed by atoms with Crippen LogP contribution in [0.1, 0.15) is 64.0 Å². The molecule has 0 aliphatic heterocycles. The van der Waals surface area contributed by atoms with Crippen molar-refractivity contribution in [1.29, 1.82) is 0 Å². The number of nitrogens with two attached hydrogens (primary N) is 1. The van der Waals surface area contributed by atoms with Crippen LogP contribution in [0.5, 0.6) is 0 Å². The Balaban J connectivity index is 0. The molecular weight excluding hydrogens is 1370 g/mol. The molecule has 108 heavy (non-hydrogen) atoms. The van der Waals surface area contributed by atoms with Crippen LogP contribution < -0.4 is 5.73 Å². The van der Waals surface area contributed by atoms with Crippen LogP contribution in [-0.2, 0) is 9.53 Å². The molecule has 0 aliphatic carbocycles. The third-order valence-corrected chi connectivity index (χ3v) is 8.87. The summed E-state index contributed by atoms with van der Waals surface area (Å²) >= 11 is 0. The Kier molecular flexibility index (Phi) is 53.3. The van der Waals surface area contributed by atoms with Gasteiger partial charge in [-0.05, 0) is 228 Å². The number of carbonyl (C=O) groups excluding carboxylic acids is 1. The number of carbonyl (C=O) groups is 1. The molecule has 2 rings (SSSR count). The maximum Gasteiger partial charge on any atom is 0.306 e. The Hall–Kier alpha value is -18.7. The normalized spacial score (nSPS) is 7.33. The van der Waals surface area contributed by atoms with E-state index in [-0.39, 0.29) is 0 Å². The summed E-state index contributed by atoms with van der Waals surface area (Å²) in [4.78, 5) is 30.8. The molecule has 0 amide bonds. The minimum absolute atomic E-state index is 0.437. The van der Waals surface area contributed by atoms with Gasteiger partial charge in [0, 0.05) is 220 Å². The van der Waals surface area contributed by atoms with Gasteiger partial charge in [-0.1, -0.05) is 30.2 Å². The molecule has 0 saturated carbocycles. The van der Waals surface area contributed by atoms with Crippen molar-refractivity contribution in [2.24, 2.45) is 5.73 Å². The average molecular weight is 1400 g/mol. The standard InChI is InChI=1S/C35H4.C34H2.C15H18F3NO4.C9H9F3N2O2/c1-3-5-7-9-11-13-15-17-19-21-23-25-27-29-31-33-35-34-32-30-28-26-24-22-20-18-16-14-12-10-8-6-4-2;1-3-5-7-9-11-13-15-17-19-21-23-25-27-29-31-33-34-32-30-28-26-24-22-20-18-16-14-12-10-8-6-4-2;1-14(2,3)23-12(20)7-8-15(17,18)13(16)10-5-4-6-11(9-10)19(21)22;10-8(9(11,12)5-13)6-2-1-3-7(4-6)14(15)16/h1H,2H3;1-2H;4-6,9,13H,7-8H2,1-3H3;1-4,8H,5,13H2. The van der Waals surface area contributed by atoms with Crippen molar-refractivity contribution in [2.45, 2.75) is 70.3 Å². The zero-order valence-corrected chi connectivity index (χ0v) is 56.3. The molecule has 0 saturated heterocycles. The summed E-state index contributed by atoms with van der Waals surface area (Å²) in [5.74, 6) is 152. The fraction of sp³-hybridized carbons (Fsp3) is 0.129. The number of nitro benzene ring substituents is 2. The summed E-state index contributed by atoms with van der Waals surface area (Å²) in [6.07, 6.45) is 7.68. The highest BCUT2D eigenvalue weighted by Gasteiger charge is 2.42. The highest BCUT2D eigenvalue weighted by atomic mass is 19.3. The van der Waals surface area contributed by atoms with Crippen LogP contribution in [0.3, 0.4) is 0 Å². The number of nitro groups is 2. The molecule has 2 aromatic carbocycles. The quantitative estimate of drug-likeness (QED) is 0.0853. The predicted molar refractivity (Wildman–Crippen MR) is 401 cm³/mol. The van der Waals surface area contributed by atoms with Crippen LogP contribution in [0.25, 0.3) is 0 Å². The molecule has 2 unspecified atom stereocenters. The third-order valence-electron chi connectivity index (χ3n) is 8.87. The Labute approximate surface area is 626 Å². The molecule has 2 N–H and O–H groups in total. The largest absolute Gasteiger partial charge is 0.460 e. The van der Waals surface area contributed by atoms with E-state index in [4.69, 9.17) is 29.7 Å². The lowest BCUT2D eigenvalue weighted by Gasteiger charge is -2.23. The summed E-state index contributed by atoms with van der Waals surface area (Å²) in [5, 5.41) is 21.0. The van der Waals surface area contributed by atoms with Gasteiger partial charge in [-0.15, -0.1) is 19.3 Å². The summed E-state index contributed by atoms with van der Waals surface area (Å²) in [5.41, 5.74) is 2.02. The maximum absolute atomic E-state index is 14.0. The van der Waals surface area contributed by atoms with Gasteiger partial charge in [-0.2, -0.15) is 0 Å². The molecule has 2 atom stereocenters. The first-order valence-electron chi connectivity index (χ1n) is 28.4. The molecule has 0 heterocycles. The molecule has 0 aliphatic rings. The molecule has 0 radical (unpaired) electrons. The molecule has 9 nitrogen and oxygen atoms in total. The first-order chi connectivity index (χ1) is 52.1. The highest BCUT2D eigenvalue weighted by Crippen LogP contribution is 2.39. The number of non-ortho nitro benzene ring substituents is 2. The van der Waals surface area contributed by atoms with E-state index >= 15 is 0 Å². The molecule has 2 aromatic rings. The number of hydrogen-bond donors (Lipinski definition) is 1. The highest BCUT2D eigenvalue weighted by molar-refractivity contribution is 5.70. The van der Waals surface area contributed by atoms with Gasteiger partial charge >= 0.3 is 5.97 Å². The molecule has 0 aromatic heterocycles. The van der Waals surface area contributed by atoms with E-state index in [2.05, 4.69) is 385 Å². The van der Waals surface area contributed by atoms with E-state index in [0.29, 0.717) is 0 Å². The fourth-order valence-electron chi connectivity index (χ4n) is 4.92. The Morgan fingerprint density at radius 2 is 0.574 bits per heavy atom. The van der Waals surface area contributed by atoms with Crippen LogP contribution >= 0.6 is 0 Å². The monoisotopic (exact) mass is 1400 g/mol. The van der Waals surface area contributed by atoms with Crippen LogP contribution in [-0.4, -0.2) is 39.8 Å². The van der Waals surface area contributed by atoms with Gasteiger partial charge in [0.2, 0.25) is 0 Å². The van der Waals surface area contributed by atoms with E-state index < -0.39 is 87.5 Å². The fourth-order valence-corrected chi connectivity index (χ4v) is 4.92. The van der Waals surface area contributed by atoms with Gasteiger partial charge < -0.3 is 10.5 Å². The number of ether oxygens (including phenoxy) is 1. The number of terminal acetylenes is 3. The number of esters is 1. The van der Waals surface area contributed by atoms with Crippen LogP contribution in [0.15, 0.2) is 48.5 Å². The maximum atomic E-state index is 14.0. The van der Waals surface area contributed by atoms with Crippen molar-refractivity contribution in [2.75, 3.05) is 6.54 Å². The lowest BCUT2D eigenvalue weighted by Crippen LogP contribution is -2.32. The lowest BCUT2D eigenvalue weighted by molar-refractivity contribution is -0.385. The Morgan fingerprint density at radius 3 is 0.750 bits per heavy atom. The second-order valence-electron chi connectivity index (χ2n) is 17.5. The number of benzene rings is 2. The van der Waals surface area contributed by atoms with Crippen molar-refractivity contribution in [3.05, 3.63) is 79.9 Å². The summed E-state index contributed by atoms with van der Waals surface area (Å²) in [6.45, 7) is 5.30. The second kappa shape index (κ2) is 63.1. The van der Waals surface area contributed by atoms with Crippen molar-refractivity contribution in [3.63, 3.8) is 0 Å². The van der Waals surface area contributed by atoms with Gasteiger partial charge in [0.15, 0.2) is 12.3 Å². The van der Waals surface area contributed by atoms with E-state index in [1.54, 1.807) is 27.7 Å². The number of halogens is 6. The van der Waals surface area contributed by atoms with Crippen molar-refractivity contribution in [1.82, 2.24) is 0 Å². The molecule has 15 heteroatoms. The topological polar surface area (TPSA) is 139 Å². The van der Waals surface area contributed by atoms with Crippen molar-refractivity contribution >= 4 is 17.3 Å². The van der Waals surface area contributed by atoms with Gasteiger partial charge in [-0.3, -0.25) is 25.0 Å².